The Kier molecular flexibility index (Phi) is 4.60. The van der Waals surface area contributed by atoms with Gasteiger partial charge in [-0.15, -0.1) is 0 Å². The Bertz CT molecular complexity index is 73.4. The highest BCUT2D eigenvalue weighted by molar-refractivity contribution is 4.79. The van der Waals surface area contributed by atoms with Crippen LogP contribution in [-0.2, 0) is 9.47 Å². The zero-order chi connectivity index (χ0) is 8.04. The highest BCUT2D eigenvalue weighted by Gasteiger charge is 2.25. The van der Waals surface area contributed by atoms with E-state index in [2.05, 4.69) is 0 Å². The van der Waals surface area contributed by atoms with Crippen LogP contribution in [0.5, 0.6) is 0 Å². The molecule has 0 amide bonds. The first-order valence-electron chi connectivity index (χ1n) is 3.49. The molecule has 1 unspecified atom stereocenters. The Labute approximate surface area is 62.5 Å². The summed E-state index contributed by atoms with van der Waals surface area (Å²) < 4.78 is 10.2. The second kappa shape index (κ2) is 4.66. The smallest absolute Gasteiger partial charge is 0.103 e. The van der Waals surface area contributed by atoms with Crippen LogP contribution in [0.15, 0.2) is 0 Å². The van der Waals surface area contributed by atoms with Crippen molar-refractivity contribution >= 4 is 0 Å². The maximum Gasteiger partial charge on any atom is 0.103 e. The molecule has 0 saturated carbocycles. The molecule has 0 radical (unpaired) electrons. The van der Waals surface area contributed by atoms with E-state index in [9.17, 15) is 0 Å². The number of hydrogen-bond donors (Lipinski definition) is 1. The van der Waals surface area contributed by atoms with E-state index in [1.807, 2.05) is 6.92 Å². The Morgan fingerprint density at radius 3 is 2.10 bits per heavy atom. The number of methoxy groups -OCH3 is 2. The topological polar surface area (TPSA) is 44.5 Å². The average Bonchev–Trinajstić information content (AvgIpc) is 2.01. The second-order valence-electron chi connectivity index (χ2n) is 2.38. The minimum absolute atomic E-state index is 0.269. The van der Waals surface area contributed by atoms with Crippen LogP contribution in [0.4, 0.5) is 0 Å². The summed E-state index contributed by atoms with van der Waals surface area (Å²) in [6.07, 6.45) is 0.883. The molecular formula is C7H17NO2. The van der Waals surface area contributed by atoms with E-state index >= 15 is 0 Å². The fourth-order valence-corrected chi connectivity index (χ4v) is 0.855. The molecule has 2 N–H and O–H groups in total. The van der Waals surface area contributed by atoms with Gasteiger partial charge in [-0.05, 0) is 6.42 Å². The quantitative estimate of drug-likeness (QED) is 0.611. The van der Waals surface area contributed by atoms with Crippen molar-refractivity contribution in [3.05, 3.63) is 0 Å². The van der Waals surface area contributed by atoms with Gasteiger partial charge in [-0.25, -0.2) is 0 Å². The first-order valence-corrected chi connectivity index (χ1v) is 3.49. The predicted molar refractivity (Wildman–Crippen MR) is 41.0 cm³/mol. The Morgan fingerprint density at radius 1 is 1.40 bits per heavy atom. The summed E-state index contributed by atoms with van der Waals surface area (Å²) in [6, 6.07) is 0. The fourth-order valence-electron chi connectivity index (χ4n) is 0.855. The largest absolute Gasteiger partial charge is 0.382 e. The van der Waals surface area contributed by atoms with E-state index in [0.717, 1.165) is 6.42 Å². The van der Waals surface area contributed by atoms with E-state index in [1.54, 1.807) is 14.2 Å². The zero-order valence-electron chi connectivity index (χ0n) is 7.02. The Balaban J connectivity index is 3.87. The molecule has 0 fully saturated rings. The van der Waals surface area contributed by atoms with Gasteiger partial charge in [0, 0.05) is 20.8 Å². The highest BCUT2D eigenvalue weighted by Crippen LogP contribution is 2.12. The first kappa shape index (κ1) is 9.88. The van der Waals surface area contributed by atoms with Gasteiger partial charge in [0.1, 0.15) is 5.60 Å². The minimum Gasteiger partial charge on any atom is -0.382 e. The number of ether oxygens (including phenoxy) is 2. The maximum absolute atomic E-state index is 5.51. The molecule has 3 nitrogen and oxygen atoms in total. The van der Waals surface area contributed by atoms with E-state index in [4.69, 9.17) is 15.2 Å². The molecule has 10 heavy (non-hydrogen) atoms. The van der Waals surface area contributed by atoms with Gasteiger partial charge in [-0.1, -0.05) is 6.92 Å². The van der Waals surface area contributed by atoms with Crippen molar-refractivity contribution in [2.45, 2.75) is 18.9 Å². The highest BCUT2D eigenvalue weighted by atomic mass is 16.5. The number of nitrogens with two attached hydrogens (primary N) is 1. The molecule has 3 heteroatoms. The molecule has 0 aromatic heterocycles. The van der Waals surface area contributed by atoms with Crippen molar-refractivity contribution in [2.24, 2.45) is 5.73 Å². The van der Waals surface area contributed by atoms with Gasteiger partial charge in [0.25, 0.3) is 0 Å². The van der Waals surface area contributed by atoms with Gasteiger partial charge in [-0.2, -0.15) is 0 Å². The Hall–Kier alpha value is -0.120. The van der Waals surface area contributed by atoms with Gasteiger partial charge >= 0.3 is 0 Å². The number of hydrogen-bond acceptors (Lipinski definition) is 3. The van der Waals surface area contributed by atoms with Gasteiger partial charge in [-0.3, -0.25) is 0 Å². The summed E-state index contributed by atoms with van der Waals surface area (Å²) in [6.45, 7) is 3.11. The summed E-state index contributed by atoms with van der Waals surface area (Å²) in [5.74, 6) is 0. The van der Waals surface area contributed by atoms with E-state index < -0.39 is 0 Å². The standard InChI is InChI=1S/C7H17NO2/c1-4-7(5-8,10-3)6-9-2/h4-6,8H2,1-3H3. The molecule has 1 atom stereocenters. The SMILES string of the molecule is CCC(CN)(COC)OC. The molecule has 0 aromatic rings. The lowest BCUT2D eigenvalue weighted by atomic mass is 10.0. The van der Waals surface area contributed by atoms with Gasteiger partial charge in [0.2, 0.25) is 0 Å². The maximum atomic E-state index is 5.51. The van der Waals surface area contributed by atoms with Gasteiger partial charge in [0.15, 0.2) is 0 Å². The summed E-state index contributed by atoms with van der Waals surface area (Å²) in [5.41, 5.74) is 5.24. The normalized spacial score (nSPS) is 16.8. The van der Waals surface area contributed by atoms with Crippen molar-refractivity contribution < 1.29 is 9.47 Å². The van der Waals surface area contributed by atoms with Crippen LogP contribution in [0.3, 0.4) is 0 Å². The zero-order valence-corrected chi connectivity index (χ0v) is 7.02. The monoisotopic (exact) mass is 147 g/mol. The first-order chi connectivity index (χ1) is 4.74. The molecule has 62 valence electrons. The van der Waals surface area contributed by atoms with Crippen LogP contribution in [0.25, 0.3) is 0 Å². The van der Waals surface area contributed by atoms with Gasteiger partial charge in [0.05, 0.1) is 6.61 Å². The van der Waals surface area contributed by atoms with Crippen molar-refractivity contribution in [3.63, 3.8) is 0 Å². The molecule has 0 aliphatic rings. The molecule has 0 aliphatic carbocycles. The van der Waals surface area contributed by atoms with Crippen molar-refractivity contribution in [1.82, 2.24) is 0 Å². The predicted octanol–water partition coefficient (Wildman–Crippen LogP) is 0.387. The Morgan fingerprint density at radius 2 is 2.00 bits per heavy atom. The van der Waals surface area contributed by atoms with E-state index in [-0.39, 0.29) is 5.60 Å². The van der Waals surface area contributed by atoms with Crippen molar-refractivity contribution in [2.75, 3.05) is 27.4 Å². The molecule has 0 aromatic carbocycles. The average molecular weight is 147 g/mol. The third-order valence-electron chi connectivity index (χ3n) is 1.86. The van der Waals surface area contributed by atoms with Crippen LogP contribution in [-0.4, -0.2) is 33.0 Å². The lowest BCUT2D eigenvalue weighted by Gasteiger charge is -2.28. The molecule has 0 spiro atoms. The minimum atomic E-state index is -0.269. The molecule has 0 heterocycles. The number of rotatable bonds is 5. The molecule has 0 aliphatic heterocycles. The summed E-state index contributed by atoms with van der Waals surface area (Å²) >= 11 is 0. The molecule has 0 rings (SSSR count). The lowest BCUT2D eigenvalue weighted by molar-refractivity contribution is -0.0595. The van der Waals surface area contributed by atoms with Crippen molar-refractivity contribution in [1.29, 1.82) is 0 Å². The summed E-state index contributed by atoms with van der Waals surface area (Å²) in [5, 5.41) is 0. The summed E-state index contributed by atoms with van der Waals surface area (Å²) in [4.78, 5) is 0. The van der Waals surface area contributed by atoms with Crippen LogP contribution in [0.1, 0.15) is 13.3 Å². The second-order valence-corrected chi connectivity index (χ2v) is 2.38. The third kappa shape index (κ3) is 2.25. The van der Waals surface area contributed by atoms with Crippen LogP contribution in [0.2, 0.25) is 0 Å². The lowest BCUT2D eigenvalue weighted by Crippen LogP contribution is -2.43. The van der Waals surface area contributed by atoms with Crippen LogP contribution < -0.4 is 5.73 Å². The van der Waals surface area contributed by atoms with Crippen molar-refractivity contribution in [3.8, 4) is 0 Å². The van der Waals surface area contributed by atoms with Crippen LogP contribution in [0, 0.1) is 0 Å². The van der Waals surface area contributed by atoms with Gasteiger partial charge < -0.3 is 15.2 Å². The molecular weight excluding hydrogens is 130 g/mol. The fraction of sp³-hybridized carbons (Fsp3) is 1.00. The third-order valence-corrected chi connectivity index (χ3v) is 1.86. The van der Waals surface area contributed by atoms with Crippen LogP contribution >= 0.6 is 0 Å². The van der Waals surface area contributed by atoms with E-state index in [0.29, 0.717) is 13.2 Å². The summed E-state index contributed by atoms with van der Waals surface area (Å²) in [7, 11) is 3.31. The molecule has 0 bridgehead atoms. The molecule has 0 saturated heterocycles. The van der Waals surface area contributed by atoms with E-state index in [1.165, 1.54) is 0 Å².